The van der Waals surface area contributed by atoms with Crippen LogP contribution in [0.3, 0.4) is 0 Å². The number of amides is 1. The Labute approximate surface area is 113 Å². The highest BCUT2D eigenvalue weighted by Crippen LogP contribution is 2.16. The van der Waals surface area contributed by atoms with Gasteiger partial charge < -0.3 is 5.32 Å². The van der Waals surface area contributed by atoms with Gasteiger partial charge in [-0.15, -0.1) is 0 Å². The van der Waals surface area contributed by atoms with Gasteiger partial charge in [-0.1, -0.05) is 15.9 Å². The van der Waals surface area contributed by atoms with Gasteiger partial charge >= 0.3 is 0 Å². The SMILES string of the molecule is CC(C#N)CNC(=O)C=Cc1cc(Br)ccc1F. The number of halogens is 2. The summed E-state index contributed by atoms with van der Waals surface area (Å²) in [7, 11) is 0. The summed E-state index contributed by atoms with van der Waals surface area (Å²) in [5, 5.41) is 11.1. The van der Waals surface area contributed by atoms with E-state index in [1.54, 1.807) is 19.1 Å². The Morgan fingerprint density at radius 1 is 1.67 bits per heavy atom. The van der Waals surface area contributed by atoms with Crippen molar-refractivity contribution in [2.45, 2.75) is 6.92 Å². The molecule has 0 heterocycles. The third kappa shape index (κ3) is 4.68. The quantitative estimate of drug-likeness (QED) is 0.869. The maximum absolute atomic E-state index is 13.3. The molecule has 1 aromatic rings. The minimum absolute atomic E-state index is 0.245. The average molecular weight is 311 g/mol. The number of nitriles is 1. The van der Waals surface area contributed by atoms with E-state index < -0.39 is 5.82 Å². The van der Waals surface area contributed by atoms with Gasteiger partial charge in [-0.3, -0.25) is 4.79 Å². The molecule has 0 fully saturated rings. The second-order valence-electron chi connectivity index (χ2n) is 3.77. The van der Waals surface area contributed by atoms with Crippen LogP contribution in [-0.4, -0.2) is 12.5 Å². The van der Waals surface area contributed by atoms with E-state index in [2.05, 4.69) is 21.2 Å². The van der Waals surface area contributed by atoms with E-state index >= 15 is 0 Å². The molecule has 0 aliphatic rings. The predicted octanol–water partition coefficient (Wildman–Crippen LogP) is 2.88. The molecule has 1 N–H and O–H groups in total. The summed E-state index contributed by atoms with van der Waals surface area (Å²) in [4.78, 5) is 11.4. The Kier molecular flexibility index (Phi) is 5.53. The van der Waals surface area contributed by atoms with Gasteiger partial charge in [-0.2, -0.15) is 5.26 Å². The molecule has 1 aromatic carbocycles. The van der Waals surface area contributed by atoms with E-state index in [0.717, 1.165) is 4.47 Å². The molecule has 1 atom stereocenters. The first kappa shape index (κ1) is 14.4. The van der Waals surface area contributed by atoms with E-state index in [4.69, 9.17) is 5.26 Å². The lowest BCUT2D eigenvalue weighted by atomic mass is 10.2. The van der Waals surface area contributed by atoms with Gasteiger partial charge in [0.05, 0.1) is 12.0 Å². The summed E-state index contributed by atoms with van der Waals surface area (Å²) < 4.78 is 14.1. The number of hydrogen-bond acceptors (Lipinski definition) is 2. The fraction of sp³-hybridized carbons (Fsp3) is 0.231. The second-order valence-corrected chi connectivity index (χ2v) is 4.69. The van der Waals surface area contributed by atoms with E-state index in [0.29, 0.717) is 5.56 Å². The average Bonchev–Trinajstić information content (AvgIpc) is 2.36. The maximum Gasteiger partial charge on any atom is 0.244 e. The van der Waals surface area contributed by atoms with Crippen LogP contribution in [0.15, 0.2) is 28.7 Å². The summed E-state index contributed by atoms with van der Waals surface area (Å²) in [6, 6.07) is 6.49. The molecule has 0 radical (unpaired) electrons. The minimum atomic E-state index is -0.396. The highest BCUT2D eigenvalue weighted by Gasteiger charge is 2.02. The number of benzene rings is 1. The predicted molar refractivity (Wildman–Crippen MR) is 70.9 cm³/mol. The first-order valence-corrected chi connectivity index (χ1v) is 6.13. The molecule has 1 unspecified atom stereocenters. The smallest absolute Gasteiger partial charge is 0.244 e. The zero-order valence-electron chi connectivity index (χ0n) is 9.78. The standard InChI is InChI=1S/C13H12BrFN2O/c1-9(7-16)8-17-13(18)5-2-10-6-11(14)3-4-12(10)15/h2-6,9H,8H2,1H3,(H,17,18). The van der Waals surface area contributed by atoms with Crippen LogP contribution in [0.5, 0.6) is 0 Å². The van der Waals surface area contributed by atoms with E-state index in [9.17, 15) is 9.18 Å². The van der Waals surface area contributed by atoms with Crippen LogP contribution in [0.1, 0.15) is 12.5 Å². The Hall–Kier alpha value is -1.67. The molecule has 0 aliphatic carbocycles. The van der Waals surface area contributed by atoms with Gasteiger partial charge in [-0.25, -0.2) is 4.39 Å². The molecule has 0 aliphatic heterocycles. The summed E-state index contributed by atoms with van der Waals surface area (Å²) >= 11 is 3.23. The van der Waals surface area contributed by atoms with E-state index in [1.807, 2.05) is 6.07 Å². The van der Waals surface area contributed by atoms with Crippen molar-refractivity contribution < 1.29 is 9.18 Å². The minimum Gasteiger partial charge on any atom is -0.351 e. The largest absolute Gasteiger partial charge is 0.351 e. The molecule has 1 amide bonds. The van der Waals surface area contributed by atoms with Gasteiger partial charge in [0.15, 0.2) is 0 Å². The Morgan fingerprint density at radius 2 is 2.39 bits per heavy atom. The van der Waals surface area contributed by atoms with E-state index in [-0.39, 0.29) is 18.4 Å². The van der Waals surface area contributed by atoms with Gasteiger partial charge in [0.1, 0.15) is 5.82 Å². The number of carbonyl (C=O) groups excluding carboxylic acids is 1. The van der Waals surface area contributed by atoms with Gasteiger partial charge in [0, 0.05) is 22.7 Å². The summed E-state index contributed by atoms with van der Waals surface area (Å²) in [6.07, 6.45) is 2.64. The number of nitrogens with zero attached hydrogens (tertiary/aromatic N) is 1. The third-order valence-electron chi connectivity index (χ3n) is 2.18. The molecule has 0 bridgehead atoms. The van der Waals surface area contributed by atoms with Crippen molar-refractivity contribution in [3.05, 3.63) is 40.1 Å². The van der Waals surface area contributed by atoms with Gasteiger partial charge in [-0.05, 0) is 31.2 Å². The molecule has 0 aromatic heterocycles. The van der Waals surface area contributed by atoms with Crippen LogP contribution in [0.4, 0.5) is 4.39 Å². The first-order chi connectivity index (χ1) is 8.52. The Bertz CT molecular complexity index is 508. The fourth-order valence-electron chi connectivity index (χ4n) is 1.17. The Balaban J connectivity index is 2.61. The molecule has 0 saturated heterocycles. The normalized spacial score (nSPS) is 12.1. The Morgan fingerprint density at radius 3 is 3.06 bits per heavy atom. The monoisotopic (exact) mass is 310 g/mol. The molecular formula is C13H12BrFN2O. The van der Waals surface area contributed by atoms with Crippen LogP contribution >= 0.6 is 15.9 Å². The van der Waals surface area contributed by atoms with Crippen molar-refractivity contribution in [1.82, 2.24) is 5.32 Å². The molecule has 0 saturated carbocycles. The van der Waals surface area contributed by atoms with Crippen molar-refractivity contribution in [2.75, 3.05) is 6.54 Å². The van der Waals surface area contributed by atoms with Crippen LogP contribution in [0.25, 0.3) is 6.08 Å². The lowest BCUT2D eigenvalue weighted by molar-refractivity contribution is -0.116. The summed E-state index contributed by atoms with van der Waals surface area (Å²) in [5.41, 5.74) is 0.327. The molecule has 0 spiro atoms. The topological polar surface area (TPSA) is 52.9 Å². The van der Waals surface area contributed by atoms with Crippen LogP contribution < -0.4 is 5.32 Å². The number of rotatable bonds is 4. The molecule has 94 valence electrons. The van der Waals surface area contributed by atoms with Crippen LogP contribution in [0, 0.1) is 23.1 Å². The van der Waals surface area contributed by atoms with Crippen LogP contribution in [0.2, 0.25) is 0 Å². The molecule has 1 rings (SSSR count). The molecule has 5 heteroatoms. The fourth-order valence-corrected chi connectivity index (χ4v) is 1.54. The number of carbonyl (C=O) groups is 1. The summed E-state index contributed by atoms with van der Waals surface area (Å²) in [6.45, 7) is 1.98. The summed E-state index contributed by atoms with van der Waals surface area (Å²) in [5.74, 6) is -0.992. The molecular weight excluding hydrogens is 299 g/mol. The first-order valence-electron chi connectivity index (χ1n) is 5.33. The number of hydrogen-bond donors (Lipinski definition) is 1. The molecule has 3 nitrogen and oxygen atoms in total. The third-order valence-corrected chi connectivity index (χ3v) is 2.67. The van der Waals surface area contributed by atoms with Crippen LogP contribution in [-0.2, 0) is 4.79 Å². The van der Waals surface area contributed by atoms with Gasteiger partial charge in [0.2, 0.25) is 5.91 Å². The zero-order chi connectivity index (χ0) is 13.5. The highest BCUT2D eigenvalue weighted by atomic mass is 79.9. The van der Waals surface area contributed by atoms with Crippen molar-refractivity contribution in [1.29, 1.82) is 5.26 Å². The van der Waals surface area contributed by atoms with Gasteiger partial charge in [0.25, 0.3) is 0 Å². The van der Waals surface area contributed by atoms with Crippen molar-refractivity contribution in [3.8, 4) is 6.07 Å². The highest BCUT2D eigenvalue weighted by molar-refractivity contribution is 9.10. The maximum atomic E-state index is 13.3. The van der Waals surface area contributed by atoms with Crippen molar-refractivity contribution in [3.63, 3.8) is 0 Å². The lowest BCUT2D eigenvalue weighted by Gasteiger charge is -2.02. The second kappa shape index (κ2) is 6.92. The zero-order valence-corrected chi connectivity index (χ0v) is 11.4. The van der Waals surface area contributed by atoms with Crippen molar-refractivity contribution in [2.24, 2.45) is 5.92 Å². The lowest BCUT2D eigenvalue weighted by Crippen LogP contribution is -2.25. The van der Waals surface area contributed by atoms with Crippen molar-refractivity contribution >= 4 is 27.9 Å². The number of nitrogens with one attached hydrogen (secondary N) is 1. The molecule has 18 heavy (non-hydrogen) atoms. The van der Waals surface area contributed by atoms with E-state index in [1.165, 1.54) is 18.2 Å².